The van der Waals surface area contributed by atoms with Gasteiger partial charge in [0.05, 0.1) is 12.6 Å². The Bertz CT molecular complexity index is 440. The summed E-state index contributed by atoms with van der Waals surface area (Å²) in [6, 6.07) is 6.74. The fourth-order valence-electron chi connectivity index (χ4n) is 2.00. The number of amides is 2. The molecule has 1 aliphatic heterocycles. The summed E-state index contributed by atoms with van der Waals surface area (Å²) in [6.07, 6.45) is 0.489. The molecule has 3 N–H and O–H groups in total. The summed E-state index contributed by atoms with van der Waals surface area (Å²) in [7, 11) is 0. The maximum Gasteiger partial charge on any atom is 0.229 e. The molecule has 5 heteroatoms. The van der Waals surface area contributed by atoms with Gasteiger partial charge in [0, 0.05) is 18.5 Å². The number of imide groups is 1. The number of nitrogens with two attached hydrogens (primary N) is 1. The number of nitrogens with zero attached hydrogens (tertiary/aromatic N) is 1. The number of hydrogen-bond donors (Lipinski definition) is 2. The third-order valence-electron chi connectivity index (χ3n) is 3.06. The van der Waals surface area contributed by atoms with Crippen LogP contribution >= 0.6 is 0 Å². The summed E-state index contributed by atoms with van der Waals surface area (Å²) in [4.78, 5) is 24.3. The first kappa shape index (κ1) is 12.6. The Hall–Kier alpha value is -1.88. The topological polar surface area (TPSA) is 83.6 Å². The minimum absolute atomic E-state index is 0.0155. The lowest BCUT2D eigenvalue weighted by molar-refractivity contribution is -0.149. The van der Waals surface area contributed by atoms with E-state index in [2.05, 4.69) is 0 Å². The van der Waals surface area contributed by atoms with Crippen molar-refractivity contribution in [3.05, 3.63) is 29.8 Å². The lowest BCUT2D eigenvalue weighted by Crippen LogP contribution is -2.42. The van der Waals surface area contributed by atoms with E-state index < -0.39 is 6.10 Å². The number of nitrogen functional groups attached to an aromatic ring is 1. The van der Waals surface area contributed by atoms with Crippen LogP contribution in [-0.2, 0) is 9.59 Å². The second-order valence-corrected chi connectivity index (χ2v) is 4.43. The number of aliphatic hydroxyl groups excluding tert-OH is 1. The van der Waals surface area contributed by atoms with Gasteiger partial charge in [0.2, 0.25) is 11.8 Å². The summed E-state index contributed by atoms with van der Waals surface area (Å²) >= 11 is 0. The van der Waals surface area contributed by atoms with Crippen molar-refractivity contribution in [3.63, 3.8) is 0 Å². The number of rotatable bonds is 3. The van der Waals surface area contributed by atoms with Gasteiger partial charge in [-0.05, 0) is 24.1 Å². The highest BCUT2D eigenvalue weighted by molar-refractivity contribution is 5.97. The number of β-amino-alcohol motifs (C(OH)–C–C–N with tert-alkyl or cyclic N) is 1. The van der Waals surface area contributed by atoms with E-state index in [0.29, 0.717) is 30.5 Å². The molecular formula is C13H16N2O3. The number of carbonyl (C=O) groups is 2. The SMILES string of the molecule is Nc1ccc(C(O)CN2C(=O)CCCC2=O)cc1. The Morgan fingerprint density at radius 1 is 1.17 bits per heavy atom. The van der Waals surface area contributed by atoms with Crippen LogP contribution in [0.4, 0.5) is 5.69 Å². The van der Waals surface area contributed by atoms with Gasteiger partial charge in [0.15, 0.2) is 0 Å². The molecule has 0 spiro atoms. The third kappa shape index (κ3) is 2.68. The first-order chi connectivity index (χ1) is 8.58. The minimum Gasteiger partial charge on any atom is -0.399 e. The molecule has 1 atom stereocenters. The molecule has 1 heterocycles. The maximum absolute atomic E-state index is 11.6. The highest BCUT2D eigenvalue weighted by Crippen LogP contribution is 2.19. The number of hydrogen-bond acceptors (Lipinski definition) is 4. The monoisotopic (exact) mass is 248 g/mol. The Morgan fingerprint density at radius 2 is 1.72 bits per heavy atom. The molecule has 2 rings (SSSR count). The van der Waals surface area contributed by atoms with Crippen LogP contribution in [0.15, 0.2) is 24.3 Å². The fraction of sp³-hybridized carbons (Fsp3) is 0.385. The molecular weight excluding hydrogens is 232 g/mol. The zero-order chi connectivity index (χ0) is 13.1. The first-order valence-corrected chi connectivity index (χ1v) is 5.94. The quantitative estimate of drug-likeness (QED) is 0.613. The zero-order valence-electron chi connectivity index (χ0n) is 10.0. The number of likely N-dealkylation sites (tertiary alicyclic amines) is 1. The number of carbonyl (C=O) groups excluding carboxylic acids is 2. The van der Waals surface area contributed by atoms with Gasteiger partial charge in [-0.2, -0.15) is 0 Å². The van der Waals surface area contributed by atoms with Gasteiger partial charge in [0.1, 0.15) is 0 Å². The molecule has 1 aliphatic rings. The molecule has 1 saturated heterocycles. The van der Waals surface area contributed by atoms with Gasteiger partial charge < -0.3 is 10.8 Å². The summed E-state index contributed by atoms with van der Waals surface area (Å²) in [5.41, 5.74) is 6.81. The molecule has 5 nitrogen and oxygen atoms in total. The first-order valence-electron chi connectivity index (χ1n) is 5.94. The average molecular weight is 248 g/mol. The lowest BCUT2D eigenvalue weighted by atomic mass is 10.1. The molecule has 96 valence electrons. The number of aliphatic hydroxyl groups is 1. The normalized spacial score (nSPS) is 17.9. The van der Waals surface area contributed by atoms with E-state index in [1.54, 1.807) is 24.3 Å². The summed E-state index contributed by atoms with van der Waals surface area (Å²) < 4.78 is 0. The van der Waals surface area contributed by atoms with Crippen LogP contribution in [0.3, 0.4) is 0 Å². The van der Waals surface area contributed by atoms with E-state index >= 15 is 0 Å². The van der Waals surface area contributed by atoms with Crippen molar-refractivity contribution in [2.24, 2.45) is 0 Å². The van der Waals surface area contributed by atoms with Crippen LogP contribution in [0.5, 0.6) is 0 Å². The molecule has 1 aromatic carbocycles. The maximum atomic E-state index is 11.6. The van der Waals surface area contributed by atoms with Crippen LogP contribution in [0.25, 0.3) is 0 Å². The van der Waals surface area contributed by atoms with Crippen molar-refractivity contribution in [3.8, 4) is 0 Å². The Morgan fingerprint density at radius 3 is 2.28 bits per heavy atom. The molecule has 1 unspecified atom stereocenters. The smallest absolute Gasteiger partial charge is 0.229 e. The van der Waals surface area contributed by atoms with Crippen LogP contribution in [-0.4, -0.2) is 28.4 Å². The third-order valence-corrected chi connectivity index (χ3v) is 3.06. The van der Waals surface area contributed by atoms with E-state index in [1.807, 2.05) is 0 Å². The second-order valence-electron chi connectivity index (χ2n) is 4.43. The van der Waals surface area contributed by atoms with Gasteiger partial charge in [0.25, 0.3) is 0 Å². The van der Waals surface area contributed by atoms with Gasteiger partial charge in [-0.1, -0.05) is 12.1 Å². The minimum atomic E-state index is -0.864. The highest BCUT2D eigenvalue weighted by atomic mass is 16.3. The number of benzene rings is 1. The molecule has 0 aromatic heterocycles. The van der Waals surface area contributed by atoms with E-state index in [9.17, 15) is 14.7 Å². The fourth-order valence-corrected chi connectivity index (χ4v) is 2.00. The largest absolute Gasteiger partial charge is 0.399 e. The number of piperidine rings is 1. The van der Waals surface area contributed by atoms with Crippen LogP contribution < -0.4 is 5.73 Å². The summed E-state index contributed by atoms with van der Waals surface area (Å²) in [5, 5.41) is 10.0. The molecule has 0 bridgehead atoms. The molecule has 18 heavy (non-hydrogen) atoms. The average Bonchev–Trinajstić information content (AvgIpc) is 2.34. The van der Waals surface area contributed by atoms with Gasteiger partial charge in [-0.15, -0.1) is 0 Å². The zero-order valence-corrected chi connectivity index (χ0v) is 10.0. The standard InChI is InChI=1S/C13H16N2O3/c14-10-6-4-9(5-7-10)11(16)8-15-12(17)2-1-3-13(15)18/h4-7,11,16H,1-3,8,14H2. The molecule has 0 aliphatic carbocycles. The van der Waals surface area contributed by atoms with Crippen molar-refractivity contribution in [1.82, 2.24) is 4.90 Å². The van der Waals surface area contributed by atoms with Gasteiger partial charge in [-0.3, -0.25) is 14.5 Å². The Kier molecular flexibility index (Phi) is 3.62. The predicted molar refractivity (Wildman–Crippen MR) is 66.4 cm³/mol. The van der Waals surface area contributed by atoms with Crippen LogP contribution in [0, 0.1) is 0 Å². The molecule has 1 fully saturated rings. The van der Waals surface area contributed by atoms with Gasteiger partial charge >= 0.3 is 0 Å². The van der Waals surface area contributed by atoms with Gasteiger partial charge in [-0.25, -0.2) is 0 Å². The van der Waals surface area contributed by atoms with E-state index in [-0.39, 0.29) is 18.4 Å². The van der Waals surface area contributed by atoms with Crippen LogP contribution in [0.2, 0.25) is 0 Å². The predicted octanol–water partition coefficient (Wildman–Crippen LogP) is 0.841. The molecule has 0 radical (unpaired) electrons. The van der Waals surface area contributed by atoms with Crippen molar-refractivity contribution >= 4 is 17.5 Å². The Labute approximate surface area is 105 Å². The number of anilines is 1. The van der Waals surface area contributed by atoms with E-state index in [4.69, 9.17) is 5.73 Å². The second kappa shape index (κ2) is 5.18. The summed E-state index contributed by atoms with van der Waals surface area (Å²) in [6.45, 7) is 0.0155. The Balaban J connectivity index is 2.06. The molecule has 1 aromatic rings. The molecule has 0 saturated carbocycles. The van der Waals surface area contributed by atoms with E-state index in [0.717, 1.165) is 4.90 Å². The molecule has 2 amide bonds. The van der Waals surface area contributed by atoms with Crippen LogP contribution in [0.1, 0.15) is 30.9 Å². The lowest BCUT2D eigenvalue weighted by Gasteiger charge is -2.27. The highest BCUT2D eigenvalue weighted by Gasteiger charge is 2.27. The van der Waals surface area contributed by atoms with Crippen molar-refractivity contribution in [2.75, 3.05) is 12.3 Å². The van der Waals surface area contributed by atoms with Crippen molar-refractivity contribution < 1.29 is 14.7 Å². The summed E-state index contributed by atoms with van der Waals surface area (Å²) in [5.74, 6) is -0.415. The van der Waals surface area contributed by atoms with Crippen molar-refractivity contribution in [2.45, 2.75) is 25.4 Å². The van der Waals surface area contributed by atoms with E-state index in [1.165, 1.54) is 0 Å². The van der Waals surface area contributed by atoms with Crippen molar-refractivity contribution in [1.29, 1.82) is 0 Å².